The maximum absolute atomic E-state index is 13.6. The van der Waals surface area contributed by atoms with Gasteiger partial charge in [-0.2, -0.15) is 4.39 Å². The zero-order valence-corrected chi connectivity index (χ0v) is 16.4. The monoisotopic (exact) mass is 395 g/mol. The third-order valence-electron chi connectivity index (χ3n) is 4.53. The van der Waals surface area contributed by atoms with Crippen molar-refractivity contribution in [3.05, 3.63) is 59.9 Å². The summed E-state index contributed by atoms with van der Waals surface area (Å²) in [5.74, 6) is 0.691. The zero-order chi connectivity index (χ0) is 20.2. The Morgan fingerprint density at radius 2 is 2.03 bits per heavy atom. The molecule has 150 valence electrons. The molecule has 8 nitrogen and oxygen atoms in total. The maximum atomic E-state index is 13.6. The topological polar surface area (TPSA) is 83.0 Å². The summed E-state index contributed by atoms with van der Waals surface area (Å²) in [6.45, 7) is 5.51. The minimum Gasteiger partial charge on any atom is -0.374 e. The molecule has 0 spiro atoms. The molecule has 4 rings (SSSR count). The summed E-state index contributed by atoms with van der Waals surface area (Å²) in [5, 5.41) is 4.45. The van der Waals surface area contributed by atoms with Crippen LogP contribution in [-0.2, 0) is 24.3 Å². The highest BCUT2D eigenvalue weighted by Crippen LogP contribution is 2.20. The fraction of sp³-hybridized carbons (Fsp3) is 0.350. The first-order valence-corrected chi connectivity index (χ1v) is 9.63. The molecule has 0 fully saturated rings. The predicted molar refractivity (Wildman–Crippen MR) is 105 cm³/mol. The lowest BCUT2D eigenvalue weighted by atomic mass is 10.1. The van der Waals surface area contributed by atoms with Gasteiger partial charge < -0.3 is 9.30 Å². The molecule has 4 heterocycles. The molecule has 4 aromatic heterocycles. The van der Waals surface area contributed by atoms with E-state index in [9.17, 15) is 4.39 Å². The Bertz CT molecular complexity index is 1120. The van der Waals surface area contributed by atoms with E-state index < -0.39 is 5.95 Å². The van der Waals surface area contributed by atoms with E-state index in [0.717, 1.165) is 29.7 Å². The summed E-state index contributed by atoms with van der Waals surface area (Å²) in [6.07, 6.45) is 6.96. The molecule has 0 aliphatic carbocycles. The number of ether oxygens (including phenoxy) is 1. The summed E-state index contributed by atoms with van der Waals surface area (Å²) in [7, 11) is 0. The van der Waals surface area contributed by atoms with Crippen LogP contribution in [-0.4, -0.2) is 40.7 Å². The molecule has 29 heavy (non-hydrogen) atoms. The van der Waals surface area contributed by atoms with Crippen LogP contribution in [0.15, 0.2) is 36.9 Å². The smallest absolute Gasteiger partial charge is 0.213 e. The Kier molecular flexibility index (Phi) is 5.57. The lowest BCUT2D eigenvalue weighted by Gasteiger charge is -2.11. The lowest BCUT2D eigenvalue weighted by Crippen LogP contribution is -2.09. The Labute approximate surface area is 167 Å². The number of pyridine rings is 1. The van der Waals surface area contributed by atoms with Gasteiger partial charge in [0.2, 0.25) is 5.95 Å². The van der Waals surface area contributed by atoms with E-state index >= 15 is 0 Å². The highest BCUT2D eigenvalue weighted by molar-refractivity contribution is 5.51. The van der Waals surface area contributed by atoms with Crippen LogP contribution in [0.5, 0.6) is 0 Å². The number of hydrogen-bond acceptors (Lipinski definition) is 6. The number of hydrogen-bond donors (Lipinski definition) is 0. The average Bonchev–Trinajstić information content (AvgIpc) is 3.35. The number of rotatable bonds is 8. The van der Waals surface area contributed by atoms with Crippen LogP contribution in [0.1, 0.15) is 37.4 Å². The van der Waals surface area contributed by atoms with Gasteiger partial charge in [0.05, 0.1) is 12.2 Å². The number of halogens is 1. The molecule has 0 atom stereocenters. The van der Waals surface area contributed by atoms with Crippen molar-refractivity contribution in [2.45, 2.75) is 39.8 Å². The maximum Gasteiger partial charge on any atom is 0.213 e. The molecule has 0 aliphatic heterocycles. The van der Waals surface area contributed by atoms with Gasteiger partial charge in [-0.05, 0) is 25.5 Å². The van der Waals surface area contributed by atoms with E-state index in [1.807, 2.05) is 17.7 Å². The van der Waals surface area contributed by atoms with Crippen molar-refractivity contribution < 1.29 is 9.13 Å². The van der Waals surface area contributed by atoms with Gasteiger partial charge in [0.15, 0.2) is 17.3 Å². The zero-order valence-electron chi connectivity index (χ0n) is 16.4. The van der Waals surface area contributed by atoms with Crippen LogP contribution in [0.4, 0.5) is 4.39 Å². The Morgan fingerprint density at radius 1 is 1.14 bits per heavy atom. The normalized spacial score (nSPS) is 11.4. The van der Waals surface area contributed by atoms with Gasteiger partial charge in [0, 0.05) is 24.6 Å². The van der Waals surface area contributed by atoms with Crippen molar-refractivity contribution in [1.82, 2.24) is 34.1 Å². The molecule has 0 unspecified atom stereocenters. The van der Waals surface area contributed by atoms with Crippen LogP contribution < -0.4 is 0 Å². The molecular formula is C20H22FN7O. The third-order valence-corrected chi connectivity index (χ3v) is 4.53. The van der Waals surface area contributed by atoms with E-state index in [4.69, 9.17) is 4.74 Å². The fourth-order valence-corrected chi connectivity index (χ4v) is 3.25. The van der Waals surface area contributed by atoms with Crippen molar-refractivity contribution in [3.63, 3.8) is 0 Å². The Morgan fingerprint density at radius 3 is 2.83 bits per heavy atom. The molecule has 0 aromatic carbocycles. The summed E-state index contributed by atoms with van der Waals surface area (Å²) in [6, 6.07) is 4.68. The summed E-state index contributed by atoms with van der Waals surface area (Å²) in [5.41, 5.74) is 3.19. The highest BCUT2D eigenvalue weighted by atomic mass is 19.1. The van der Waals surface area contributed by atoms with E-state index in [0.29, 0.717) is 37.1 Å². The van der Waals surface area contributed by atoms with Gasteiger partial charge in [0.25, 0.3) is 0 Å². The Balaban J connectivity index is 1.71. The molecule has 0 saturated carbocycles. The van der Waals surface area contributed by atoms with E-state index in [1.54, 1.807) is 29.2 Å². The first-order chi connectivity index (χ1) is 14.2. The summed E-state index contributed by atoms with van der Waals surface area (Å²) >= 11 is 0. The number of fused-ring (bicyclic) bond motifs is 1. The second kappa shape index (κ2) is 8.44. The molecule has 0 N–H and O–H groups in total. The molecule has 9 heteroatoms. The first-order valence-electron chi connectivity index (χ1n) is 9.63. The van der Waals surface area contributed by atoms with Crippen LogP contribution in [0.3, 0.4) is 0 Å². The first kappa shape index (κ1) is 19.1. The highest BCUT2D eigenvalue weighted by Gasteiger charge is 2.16. The molecule has 4 aromatic rings. The van der Waals surface area contributed by atoms with Crippen LogP contribution in [0.25, 0.3) is 17.2 Å². The number of nitrogens with zero attached hydrogens (tertiary/aromatic N) is 7. The number of imidazole rings is 1. The minimum atomic E-state index is -0.534. The lowest BCUT2D eigenvalue weighted by molar-refractivity contribution is 0.128. The molecule has 0 bridgehead atoms. The summed E-state index contributed by atoms with van der Waals surface area (Å²) < 4.78 is 22.6. The van der Waals surface area contributed by atoms with Gasteiger partial charge in [0.1, 0.15) is 18.6 Å². The van der Waals surface area contributed by atoms with Crippen molar-refractivity contribution in [2.75, 3.05) is 6.61 Å². The third kappa shape index (κ3) is 4.00. The number of aryl methyl sites for hydroxylation is 1. The van der Waals surface area contributed by atoms with Crippen LogP contribution in [0, 0.1) is 5.95 Å². The largest absolute Gasteiger partial charge is 0.374 e. The standard InChI is InChI=1S/C20H22FN7O/c1-3-6-14-16(23-13-28-19(14)25-18(26-28)12-29-4-2)11-27-10-9-22-20(27)15-7-5-8-17(21)24-15/h5,7-10,13H,3-4,6,11-12H2,1-2H3. The van der Waals surface area contributed by atoms with Crippen LogP contribution in [0.2, 0.25) is 0 Å². The van der Waals surface area contributed by atoms with Gasteiger partial charge in [-0.15, -0.1) is 5.10 Å². The second-order valence-electron chi connectivity index (χ2n) is 6.58. The van der Waals surface area contributed by atoms with Crippen molar-refractivity contribution in [1.29, 1.82) is 0 Å². The van der Waals surface area contributed by atoms with E-state index in [1.165, 1.54) is 6.07 Å². The SMILES string of the molecule is CCCc1c(Cn2ccnc2-c2cccc(F)n2)ncn2nc(COCC)nc12. The van der Waals surface area contributed by atoms with Crippen molar-refractivity contribution >= 4 is 5.65 Å². The van der Waals surface area contributed by atoms with Gasteiger partial charge in [-0.1, -0.05) is 19.4 Å². The van der Waals surface area contributed by atoms with Crippen molar-refractivity contribution in [2.24, 2.45) is 0 Å². The quantitative estimate of drug-likeness (QED) is 0.427. The summed E-state index contributed by atoms with van der Waals surface area (Å²) in [4.78, 5) is 17.6. The molecule has 0 radical (unpaired) electrons. The molecule has 0 amide bonds. The van der Waals surface area contributed by atoms with Crippen molar-refractivity contribution in [3.8, 4) is 11.5 Å². The van der Waals surface area contributed by atoms with Gasteiger partial charge in [-0.25, -0.2) is 24.5 Å². The fourth-order valence-electron chi connectivity index (χ4n) is 3.25. The number of aromatic nitrogens is 7. The predicted octanol–water partition coefficient (Wildman–Crippen LogP) is 3.06. The average molecular weight is 395 g/mol. The van der Waals surface area contributed by atoms with E-state index in [-0.39, 0.29) is 0 Å². The molecule has 0 saturated heterocycles. The van der Waals surface area contributed by atoms with Gasteiger partial charge >= 0.3 is 0 Å². The van der Waals surface area contributed by atoms with E-state index in [2.05, 4.69) is 32.0 Å². The Hall–Kier alpha value is -3.20. The molecular weight excluding hydrogens is 373 g/mol. The molecule has 0 aliphatic rings. The second-order valence-corrected chi connectivity index (χ2v) is 6.58. The van der Waals surface area contributed by atoms with Crippen LogP contribution >= 0.6 is 0 Å². The van der Waals surface area contributed by atoms with Gasteiger partial charge in [-0.3, -0.25) is 0 Å². The minimum absolute atomic E-state index is 0.371.